The van der Waals surface area contributed by atoms with Crippen molar-refractivity contribution in [2.45, 2.75) is 19.5 Å². The fourth-order valence-corrected chi connectivity index (χ4v) is 1.54. The molecule has 1 atom stereocenters. The van der Waals surface area contributed by atoms with Crippen LogP contribution in [0.25, 0.3) is 0 Å². The highest BCUT2D eigenvalue weighted by Crippen LogP contribution is 2.13. The third kappa shape index (κ3) is 3.73. The minimum atomic E-state index is -0.290. The summed E-state index contributed by atoms with van der Waals surface area (Å²) in [5, 5.41) is 9.02. The van der Waals surface area contributed by atoms with Crippen LogP contribution in [0.3, 0.4) is 0 Å². The number of likely N-dealkylation sites (N-methyl/N-ethyl adjacent to an activating group) is 1. The number of aliphatic hydroxyl groups excluding tert-OH is 1. The van der Waals surface area contributed by atoms with Gasteiger partial charge >= 0.3 is 0 Å². The van der Waals surface area contributed by atoms with Gasteiger partial charge in [0.2, 0.25) is 0 Å². The lowest BCUT2D eigenvalue weighted by Gasteiger charge is -2.23. The Bertz CT molecular complexity index is 411. The molecule has 1 unspecified atom stereocenters. The lowest BCUT2D eigenvalue weighted by Crippen LogP contribution is -2.31. The predicted octanol–water partition coefficient (Wildman–Crippen LogP) is 1.27. The Morgan fingerprint density at radius 1 is 1.59 bits per heavy atom. The normalized spacial score (nSPS) is 12.8. The van der Waals surface area contributed by atoms with Crippen molar-refractivity contribution in [3.05, 3.63) is 35.1 Å². The number of benzene rings is 1. The maximum atomic E-state index is 13.6. The van der Waals surface area contributed by atoms with E-state index in [2.05, 4.69) is 0 Å². The number of halogens is 1. The minimum Gasteiger partial charge on any atom is -0.395 e. The molecule has 1 aromatic carbocycles. The van der Waals surface area contributed by atoms with E-state index in [1.165, 1.54) is 6.07 Å². The molecule has 5 heteroatoms. The van der Waals surface area contributed by atoms with Gasteiger partial charge in [0.25, 0.3) is 0 Å². The van der Waals surface area contributed by atoms with Gasteiger partial charge in [0.15, 0.2) is 0 Å². The van der Waals surface area contributed by atoms with E-state index in [1.807, 2.05) is 18.9 Å². The second-order valence-corrected chi connectivity index (χ2v) is 4.56. The Morgan fingerprint density at radius 2 is 2.24 bits per heavy atom. The number of hydrogen-bond donors (Lipinski definition) is 2. The molecule has 17 heavy (non-hydrogen) atoms. The highest BCUT2D eigenvalue weighted by molar-refractivity contribution is 7.80. The molecule has 0 saturated carbocycles. The summed E-state index contributed by atoms with van der Waals surface area (Å²) in [6.07, 6.45) is 0. The van der Waals surface area contributed by atoms with E-state index >= 15 is 0 Å². The highest BCUT2D eigenvalue weighted by Gasteiger charge is 2.12. The van der Waals surface area contributed by atoms with Crippen molar-refractivity contribution >= 4 is 17.2 Å². The number of hydrogen-bond acceptors (Lipinski definition) is 3. The fraction of sp³-hybridized carbons (Fsp3) is 0.417. The van der Waals surface area contributed by atoms with E-state index in [1.54, 1.807) is 12.1 Å². The van der Waals surface area contributed by atoms with Crippen molar-refractivity contribution < 1.29 is 9.50 Å². The Kier molecular flexibility index (Phi) is 4.99. The number of aliphatic hydroxyl groups is 1. The molecule has 0 aliphatic rings. The smallest absolute Gasteiger partial charge is 0.127 e. The molecular weight excluding hydrogens is 239 g/mol. The van der Waals surface area contributed by atoms with Crippen molar-refractivity contribution in [3.8, 4) is 0 Å². The van der Waals surface area contributed by atoms with Crippen molar-refractivity contribution in [2.24, 2.45) is 5.73 Å². The van der Waals surface area contributed by atoms with Gasteiger partial charge < -0.3 is 10.8 Å². The van der Waals surface area contributed by atoms with Crippen LogP contribution in [-0.2, 0) is 6.54 Å². The van der Waals surface area contributed by atoms with Crippen LogP contribution in [0.15, 0.2) is 18.2 Å². The van der Waals surface area contributed by atoms with Gasteiger partial charge in [0.05, 0.1) is 6.61 Å². The summed E-state index contributed by atoms with van der Waals surface area (Å²) in [4.78, 5) is 2.12. The average molecular weight is 256 g/mol. The second kappa shape index (κ2) is 6.05. The van der Waals surface area contributed by atoms with Crippen LogP contribution in [0, 0.1) is 5.82 Å². The van der Waals surface area contributed by atoms with Crippen LogP contribution >= 0.6 is 12.2 Å². The van der Waals surface area contributed by atoms with Crippen LogP contribution in [-0.4, -0.2) is 34.7 Å². The van der Waals surface area contributed by atoms with Gasteiger partial charge in [-0.05, 0) is 32.2 Å². The third-order valence-corrected chi connectivity index (χ3v) is 3.00. The molecule has 1 rings (SSSR count). The summed E-state index contributed by atoms with van der Waals surface area (Å²) in [7, 11) is 1.83. The number of rotatable bonds is 5. The fourth-order valence-electron chi connectivity index (χ4n) is 1.41. The lowest BCUT2D eigenvalue weighted by atomic mass is 10.1. The van der Waals surface area contributed by atoms with E-state index in [-0.39, 0.29) is 23.5 Å². The molecule has 0 bridgehead atoms. The summed E-state index contributed by atoms with van der Waals surface area (Å²) in [6.45, 7) is 2.31. The predicted molar refractivity (Wildman–Crippen MR) is 70.3 cm³/mol. The molecule has 0 saturated heterocycles. The average Bonchev–Trinajstić information content (AvgIpc) is 2.30. The second-order valence-electron chi connectivity index (χ2n) is 4.12. The first-order chi connectivity index (χ1) is 7.95. The molecule has 0 radical (unpaired) electrons. The van der Waals surface area contributed by atoms with E-state index in [0.717, 1.165) is 0 Å². The molecule has 0 aliphatic carbocycles. The van der Waals surface area contributed by atoms with E-state index < -0.39 is 0 Å². The summed E-state index contributed by atoms with van der Waals surface area (Å²) in [5.74, 6) is -0.290. The summed E-state index contributed by atoms with van der Waals surface area (Å²) in [6, 6.07) is 4.55. The quantitative estimate of drug-likeness (QED) is 0.779. The van der Waals surface area contributed by atoms with Crippen LogP contribution in [0.2, 0.25) is 0 Å². The van der Waals surface area contributed by atoms with Gasteiger partial charge in [-0.1, -0.05) is 12.2 Å². The van der Waals surface area contributed by atoms with Crippen molar-refractivity contribution in [2.75, 3.05) is 13.7 Å². The maximum Gasteiger partial charge on any atom is 0.127 e. The molecular formula is C12H17FN2OS. The minimum absolute atomic E-state index is 0.0251. The van der Waals surface area contributed by atoms with E-state index in [0.29, 0.717) is 17.7 Å². The lowest BCUT2D eigenvalue weighted by molar-refractivity contribution is 0.153. The van der Waals surface area contributed by atoms with E-state index in [4.69, 9.17) is 23.1 Å². The Labute approximate surface area is 106 Å². The number of thiocarbonyl (C=S) groups is 1. The molecule has 0 aliphatic heterocycles. The molecule has 0 fully saturated rings. The summed E-state index contributed by atoms with van der Waals surface area (Å²) >= 11 is 4.85. The standard InChI is InChI=1S/C12H17FN2OS/c1-8(7-16)15(2)6-10-5-9(12(14)17)3-4-11(10)13/h3-5,8,16H,6-7H2,1-2H3,(H2,14,17). The Hall–Kier alpha value is -1.04. The third-order valence-electron chi connectivity index (χ3n) is 2.77. The van der Waals surface area contributed by atoms with Gasteiger partial charge in [-0.3, -0.25) is 4.90 Å². The first kappa shape index (κ1) is 14.0. The van der Waals surface area contributed by atoms with Crippen molar-refractivity contribution in [3.63, 3.8) is 0 Å². The maximum absolute atomic E-state index is 13.6. The monoisotopic (exact) mass is 256 g/mol. The van der Waals surface area contributed by atoms with Gasteiger partial charge in [-0.25, -0.2) is 4.39 Å². The number of nitrogens with zero attached hydrogens (tertiary/aromatic N) is 1. The zero-order valence-corrected chi connectivity index (χ0v) is 10.8. The highest BCUT2D eigenvalue weighted by atomic mass is 32.1. The first-order valence-corrected chi connectivity index (χ1v) is 5.76. The molecule has 3 N–H and O–H groups in total. The van der Waals surface area contributed by atoms with Crippen molar-refractivity contribution in [1.29, 1.82) is 0 Å². The SMILES string of the molecule is CC(CO)N(C)Cc1cc(C(N)=S)ccc1F. The van der Waals surface area contributed by atoms with E-state index in [9.17, 15) is 4.39 Å². The molecule has 1 aromatic rings. The largest absolute Gasteiger partial charge is 0.395 e. The summed E-state index contributed by atoms with van der Waals surface area (Å²) < 4.78 is 13.6. The van der Waals surface area contributed by atoms with Gasteiger partial charge in [0, 0.05) is 23.7 Å². The molecule has 0 spiro atoms. The van der Waals surface area contributed by atoms with Gasteiger partial charge in [-0.15, -0.1) is 0 Å². The molecule has 0 heterocycles. The van der Waals surface area contributed by atoms with Gasteiger partial charge in [0.1, 0.15) is 10.8 Å². The summed E-state index contributed by atoms with van der Waals surface area (Å²) in [5.41, 5.74) is 6.69. The Balaban J connectivity index is 2.89. The topological polar surface area (TPSA) is 49.5 Å². The van der Waals surface area contributed by atoms with Crippen LogP contribution in [0.4, 0.5) is 4.39 Å². The number of nitrogens with two attached hydrogens (primary N) is 1. The molecule has 0 aromatic heterocycles. The zero-order chi connectivity index (χ0) is 13.0. The van der Waals surface area contributed by atoms with Crippen LogP contribution in [0.1, 0.15) is 18.1 Å². The van der Waals surface area contributed by atoms with Crippen LogP contribution < -0.4 is 5.73 Å². The van der Waals surface area contributed by atoms with Crippen LogP contribution in [0.5, 0.6) is 0 Å². The van der Waals surface area contributed by atoms with Gasteiger partial charge in [-0.2, -0.15) is 0 Å². The molecule has 3 nitrogen and oxygen atoms in total. The first-order valence-electron chi connectivity index (χ1n) is 5.35. The zero-order valence-electron chi connectivity index (χ0n) is 9.98. The Morgan fingerprint density at radius 3 is 2.76 bits per heavy atom. The van der Waals surface area contributed by atoms with Crippen molar-refractivity contribution in [1.82, 2.24) is 4.90 Å². The molecule has 94 valence electrons. The molecule has 0 amide bonds.